The lowest BCUT2D eigenvalue weighted by atomic mass is 9.92. The van der Waals surface area contributed by atoms with E-state index in [2.05, 4.69) is 10.4 Å². The third-order valence-corrected chi connectivity index (χ3v) is 4.42. The normalized spacial score (nSPS) is 11.4. The van der Waals surface area contributed by atoms with Crippen molar-refractivity contribution in [1.82, 2.24) is 14.7 Å². The van der Waals surface area contributed by atoms with Crippen molar-refractivity contribution in [1.29, 1.82) is 0 Å². The van der Waals surface area contributed by atoms with Crippen molar-refractivity contribution in [3.8, 4) is 0 Å². The topological polar surface area (TPSA) is 67.2 Å². The molecule has 28 heavy (non-hydrogen) atoms. The molecule has 0 saturated carbocycles. The van der Waals surface area contributed by atoms with Gasteiger partial charge in [0.05, 0.1) is 11.3 Å². The lowest BCUT2D eigenvalue weighted by Gasteiger charge is -2.22. The van der Waals surface area contributed by atoms with Gasteiger partial charge in [-0.15, -0.1) is 0 Å². The molecule has 152 valence electrons. The molecular formula is C21H29FN4O2. The molecule has 0 spiro atoms. The third kappa shape index (κ3) is 5.41. The number of hydrogen-bond acceptors (Lipinski definition) is 3. The largest absolute Gasteiger partial charge is 0.329 e. The van der Waals surface area contributed by atoms with E-state index in [1.165, 1.54) is 23.1 Å². The summed E-state index contributed by atoms with van der Waals surface area (Å²) in [6, 6.07) is 7.65. The lowest BCUT2D eigenvalue weighted by molar-refractivity contribution is -0.117. The molecule has 2 aromatic rings. The monoisotopic (exact) mass is 388 g/mol. The Morgan fingerprint density at radius 2 is 1.93 bits per heavy atom. The van der Waals surface area contributed by atoms with Gasteiger partial charge in [0.25, 0.3) is 5.91 Å². The van der Waals surface area contributed by atoms with Crippen molar-refractivity contribution in [3.63, 3.8) is 0 Å². The van der Waals surface area contributed by atoms with Gasteiger partial charge in [0.1, 0.15) is 18.2 Å². The second-order valence-electron chi connectivity index (χ2n) is 7.90. The van der Waals surface area contributed by atoms with Gasteiger partial charge < -0.3 is 10.2 Å². The minimum absolute atomic E-state index is 0.0260. The number of halogens is 1. The summed E-state index contributed by atoms with van der Waals surface area (Å²) in [5.41, 5.74) is 0.687. The van der Waals surface area contributed by atoms with Crippen LogP contribution in [0.1, 0.15) is 56.6 Å². The number of nitrogens with one attached hydrogen (secondary N) is 1. The smallest absolute Gasteiger partial charge is 0.257 e. The van der Waals surface area contributed by atoms with Gasteiger partial charge in [0.15, 0.2) is 0 Å². The first-order valence-corrected chi connectivity index (χ1v) is 9.51. The predicted octanol–water partition coefficient (Wildman–Crippen LogP) is 3.74. The van der Waals surface area contributed by atoms with E-state index in [-0.39, 0.29) is 23.4 Å². The minimum Gasteiger partial charge on any atom is -0.329 e. The summed E-state index contributed by atoms with van der Waals surface area (Å²) < 4.78 is 15.6. The van der Waals surface area contributed by atoms with Gasteiger partial charge in [-0.2, -0.15) is 5.10 Å². The highest BCUT2D eigenvalue weighted by molar-refractivity contribution is 5.99. The van der Waals surface area contributed by atoms with Crippen LogP contribution in [-0.2, 0) is 17.3 Å². The molecule has 0 aliphatic rings. The van der Waals surface area contributed by atoms with Crippen LogP contribution in [0.4, 0.5) is 10.2 Å². The van der Waals surface area contributed by atoms with Crippen molar-refractivity contribution in [2.45, 2.75) is 46.0 Å². The number of carbonyl (C=O) groups is 2. The minimum atomic E-state index is -0.587. The second-order valence-corrected chi connectivity index (χ2v) is 7.90. The SMILES string of the molecule is CCCCN(CC(=O)Nc1cc(C(C)(C)C)nn1C)C(=O)c1ccccc1F. The molecule has 1 heterocycles. The second kappa shape index (κ2) is 8.99. The molecule has 0 unspecified atom stereocenters. The Balaban J connectivity index is 2.14. The maximum Gasteiger partial charge on any atom is 0.257 e. The number of carbonyl (C=O) groups excluding carboxylic acids is 2. The van der Waals surface area contributed by atoms with E-state index >= 15 is 0 Å². The Morgan fingerprint density at radius 1 is 1.25 bits per heavy atom. The summed E-state index contributed by atoms with van der Waals surface area (Å²) in [6.07, 6.45) is 1.59. The van der Waals surface area contributed by atoms with Gasteiger partial charge in [-0.1, -0.05) is 46.2 Å². The number of hydrogen-bond donors (Lipinski definition) is 1. The van der Waals surface area contributed by atoms with Gasteiger partial charge >= 0.3 is 0 Å². The zero-order valence-electron chi connectivity index (χ0n) is 17.3. The highest BCUT2D eigenvalue weighted by atomic mass is 19.1. The molecule has 6 nitrogen and oxygen atoms in total. The lowest BCUT2D eigenvalue weighted by Crippen LogP contribution is -2.39. The van der Waals surface area contributed by atoms with Gasteiger partial charge in [-0.25, -0.2) is 4.39 Å². The Bertz CT molecular complexity index is 839. The van der Waals surface area contributed by atoms with E-state index < -0.39 is 11.7 Å². The first-order chi connectivity index (χ1) is 13.1. The van der Waals surface area contributed by atoms with Gasteiger partial charge in [0, 0.05) is 25.1 Å². The fraction of sp³-hybridized carbons (Fsp3) is 0.476. The number of benzene rings is 1. The fourth-order valence-corrected chi connectivity index (χ4v) is 2.71. The number of unbranched alkanes of at least 4 members (excludes halogenated alkanes) is 1. The molecule has 0 atom stereocenters. The number of rotatable bonds is 7. The maximum absolute atomic E-state index is 14.0. The van der Waals surface area contributed by atoms with E-state index in [0.29, 0.717) is 12.4 Å². The number of aromatic nitrogens is 2. The molecule has 7 heteroatoms. The molecule has 0 fully saturated rings. The summed E-state index contributed by atoms with van der Waals surface area (Å²) >= 11 is 0. The van der Waals surface area contributed by atoms with Crippen molar-refractivity contribution in [3.05, 3.63) is 47.4 Å². The van der Waals surface area contributed by atoms with E-state index in [4.69, 9.17) is 0 Å². The van der Waals surface area contributed by atoms with E-state index in [0.717, 1.165) is 18.5 Å². The summed E-state index contributed by atoms with van der Waals surface area (Å²) in [7, 11) is 1.75. The zero-order chi connectivity index (χ0) is 20.9. The van der Waals surface area contributed by atoms with Crippen LogP contribution >= 0.6 is 0 Å². The molecule has 1 aromatic heterocycles. The van der Waals surface area contributed by atoms with Crippen LogP contribution in [0.25, 0.3) is 0 Å². The van der Waals surface area contributed by atoms with Crippen LogP contribution in [-0.4, -0.2) is 39.6 Å². The van der Waals surface area contributed by atoms with Crippen LogP contribution in [0, 0.1) is 5.82 Å². The highest BCUT2D eigenvalue weighted by Crippen LogP contribution is 2.23. The fourth-order valence-electron chi connectivity index (χ4n) is 2.71. The quantitative estimate of drug-likeness (QED) is 0.786. The maximum atomic E-state index is 14.0. The molecule has 1 aromatic carbocycles. The van der Waals surface area contributed by atoms with Gasteiger partial charge in [0.2, 0.25) is 5.91 Å². The van der Waals surface area contributed by atoms with Crippen molar-refractivity contribution < 1.29 is 14.0 Å². The van der Waals surface area contributed by atoms with E-state index in [1.54, 1.807) is 17.8 Å². The van der Waals surface area contributed by atoms with Crippen LogP contribution in [0.3, 0.4) is 0 Å². The van der Waals surface area contributed by atoms with Crippen molar-refractivity contribution >= 4 is 17.6 Å². The summed E-state index contributed by atoms with van der Waals surface area (Å²) in [5, 5.41) is 7.23. The van der Waals surface area contributed by atoms with Crippen molar-refractivity contribution in [2.75, 3.05) is 18.4 Å². The van der Waals surface area contributed by atoms with Crippen LogP contribution in [0.15, 0.2) is 30.3 Å². The Labute approximate surface area is 165 Å². The molecular weight excluding hydrogens is 359 g/mol. The van der Waals surface area contributed by atoms with Crippen LogP contribution in [0.5, 0.6) is 0 Å². The van der Waals surface area contributed by atoms with Gasteiger partial charge in [-0.05, 0) is 18.6 Å². The summed E-state index contributed by atoms with van der Waals surface area (Å²) in [4.78, 5) is 26.7. The van der Waals surface area contributed by atoms with Gasteiger partial charge in [-0.3, -0.25) is 14.3 Å². The average molecular weight is 388 g/mol. The summed E-state index contributed by atoms with van der Waals surface area (Å²) in [5.74, 6) is -0.856. The van der Waals surface area contributed by atoms with E-state index in [9.17, 15) is 14.0 Å². The Kier molecular flexibility index (Phi) is 6.94. The number of nitrogens with zero attached hydrogens (tertiary/aromatic N) is 3. The summed E-state index contributed by atoms with van der Waals surface area (Å²) in [6.45, 7) is 8.36. The van der Waals surface area contributed by atoms with Crippen LogP contribution in [0.2, 0.25) is 0 Å². The highest BCUT2D eigenvalue weighted by Gasteiger charge is 2.23. The first kappa shape index (κ1) is 21.6. The molecule has 2 rings (SSSR count). The standard InChI is InChI=1S/C21H29FN4O2/c1-6-7-12-26(20(28)15-10-8-9-11-16(15)22)14-19(27)23-18-13-17(21(2,3)4)24-25(18)5/h8-11,13H,6-7,12,14H2,1-5H3,(H,23,27). The number of aryl methyl sites for hydroxylation is 1. The molecule has 0 aliphatic carbocycles. The number of anilines is 1. The molecule has 1 N–H and O–H groups in total. The number of amides is 2. The third-order valence-electron chi connectivity index (χ3n) is 4.42. The van der Waals surface area contributed by atoms with E-state index in [1.807, 2.05) is 33.8 Å². The Morgan fingerprint density at radius 3 is 2.50 bits per heavy atom. The molecule has 0 saturated heterocycles. The first-order valence-electron chi connectivity index (χ1n) is 9.51. The predicted molar refractivity (Wildman–Crippen MR) is 108 cm³/mol. The average Bonchev–Trinajstić information content (AvgIpc) is 2.99. The molecule has 0 aliphatic heterocycles. The zero-order valence-corrected chi connectivity index (χ0v) is 17.3. The molecule has 2 amide bonds. The molecule has 0 radical (unpaired) electrons. The van der Waals surface area contributed by atoms with Crippen LogP contribution < -0.4 is 5.32 Å². The molecule has 0 bridgehead atoms. The van der Waals surface area contributed by atoms with Crippen molar-refractivity contribution in [2.24, 2.45) is 7.05 Å². The Hall–Kier alpha value is -2.70.